The van der Waals surface area contributed by atoms with Crippen molar-refractivity contribution in [2.24, 2.45) is 0 Å². The number of aliphatic hydroxyl groups is 1. The number of benzene rings is 1. The van der Waals surface area contributed by atoms with Crippen LogP contribution in [0.3, 0.4) is 0 Å². The van der Waals surface area contributed by atoms with Gasteiger partial charge in [0.05, 0.1) is 0 Å². The van der Waals surface area contributed by atoms with Crippen molar-refractivity contribution in [3.63, 3.8) is 0 Å². The first kappa shape index (κ1) is 13.2. The van der Waals surface area contributed by atoms with Crippen molar-refractivity contribution in [1.29, 1.82) is 0 Å². The van der Waals surface area contributed by atoms with E-state index in [4.69, 9.17) is 0 Å². The zero-order chi connectivity index (χ0) is 13.3. The molecular formula is C14H21NO3. The number of nitrogens with zero attached hydrogens (tertiary/aromatic N) is 1. The van der Waals surface area contributed by atoms with Crippen LogP contribution >= 0.6 is 0 Å². The van der Waals surface area contributed by atoms with E-state index >= 15 is 0 Å². The predicted octanol–water partition coefficient (Wildman–Crippen LogP) is 1.79. The third-order valence-corrected chi connectivity index (χ3v) is 3.74. The van der Waals surface area contributed by atoms with E-state index in [1.54, 1.807) is 6.07 Å². The van der Waals surface area contributed by atoms with Crippen molar-refractivity contribution >= 4 is 0 Å². The van der Waals surface area contributed by atoms with Gasteiger partial charge in [-0.25, -0.2) is 0 Å². The highest BCUT2D eigenvalue weighted by Gasteiger charge is 2.36. The van der Waals surface area contributed by atoms with Crippen molar-refractivity contribution in [3.8, 4) is 11.5 Å². The molecule has 0 saturated carbocycles. The monoisotopic (exact) mass is 251 g/mol. The summed E-state index contributed by atoms with van der Waals surface area (Å²) in [5.74, 6) is -0.332. The zero-order valence-electron chi connectivity index (χ0n) is 10.9. The Morgan fingerprint density at radius 2 is 1.94 bits per heavy atom. The molecule has 1 aromatic rings. The molecule has 100 valence electrons. The van der Waals surface area contributed by atoms with Crippen LogP contribution in [0.2, 0.25) is 0 Å². The summed E-state index contributed by atoms with van der Waals surface area (Å²) >= 11 is 0. The van der Waals surface area contributed by atoms with Crippen molar-refractivity contribution < 1.29 is 15.3 Å². The molecule has 4 nitrogen and oxygen atoms in total. The number of aromatic hydroxyl groups is 2. The topological polar surface area (TPSA) is 63.9 Å². The molecule has 2 rings (SSSR count). The Balaban J connectivity index is 2.26. The molecule has 1 fully saturated rings. The highest BCUT2D eigenvalue weighted by atomic mass is 16.3. The Morgan fingerprint density at radius 1 is 1.22 bits per heavy atom. The Kier molecular flexibility index (Phi) is 3.50. The zero-order valence-corrected chi connectivity index (χ0v) is 10.9. The second kappa shape index (κ2) is 4.78. The van der Waals surface area contributed by atoms with Crippen LogP contribution in [0.1, 0.15) is 32.3 Å². The van der Waals surface area contributed by atoms with Crippen LogP contribution in [-0.2, 0) is 5.60 Å². The molecule has 0 radical (unpaired) electrons. The van der Waals surface area contributed by atoms with Gasteiger partial charge in [-0.2, -0.15) is 0 Å². The molecule has 0 spiro atoms. The maximum absolute atomic E-state index is 10.7. The van der Waals surface area contributed by atoms with E-state index in [0.29, 0.717) is 24.6 Å². The standard InChI is InChI=1S/C14H21NO3/c1-10(2)15-7-3-6-14(18,9-15)11-4-5-12(16)13(17)8-11/h4-5,8,10,16-18H,3,6-7,9H2,1-2H3. The number of phenols is 2. The SMILES string of the molecule is CC(C)N1CCCC(O)(c2ccc(O)c(O)c2)C1. The minimum absolute atomic E-state index is 0.154. The van der Waals surface area contributed by atoms with E-state index in [1.807, 2.05) is 0 Å². The maximum atomic E-state index is 10.7. The summed E-state index contributed by atoms with van der Waals surface area (Å²) in [5.41, 5.74) is -0.267. The fourth-order valence-corrected chi connectivity index (χ4v) is 2.56. The number of hydrogen-bond acceptors (Lipinski definition) is 4. The molecule has 0 amide bonds. The molecular weight excluding hydrogens is 230 g/mol. The average Bonchev–Trinajstić information content (AvgIpc) is 2.32. The quantitative estimate of drug-likeness (QED) is 0.701. The Hall–Kier alpha value is -1.26. The van der Waals surface area contributed by atoms with E-state index in [-0.39, 0.29) is 11.5 Å². The number of piperidine rings is 1. The van der Waals surface area contributed by atoms with Crippen LogP contribution in [0.4, 0.5) is 0 Å². The lowest BCUT2D eigenvalue weighted by Crippen LogP contribution is -2.48. The van der Waals surface area contributed by atoms with Gasteiger partial charge in [-0.15, -0.1) is 0 Å². The first-order chi connectivity index (χ1) is 8.42. The fraction of sp³-hybridized carbons (Fsp3) is 0.571. The Morgan fingerprint density at radius 3 is 2.56 bits per heavy atom. The number of phenolic OH excluding ortho intramolecular Hbond substituents is 2. The summed E-state index contributed by atoms with van der Waals surface area (Å²) in [4.78, 5) is 2.23. The van der Waals surface area contributed by atoms with Gasteiger partial charge in [0, 0.05) is 12.6 Å². The Labute approximate surface area is 107 Å². The summed E-state index contributed by atoms with van der Waals surface area (Å²) in [6.45, 7) is 5.78. The van der Waals surface area contributed by atoms with Gasteiger partial charge >= 0.3 is 0 Å². The molecule has 18 heavy (non-hydrogen) atoms. The van der Waals surface area contributed by atoms with Gasteiger partial charge in [-0.05, 0) is 50.9 Å². The second-order valence-electron chi connectivity index (χ2n) is 5.40. The minimum atomic E-state index is -0.937. The lowest BCUT2D eigenvalue weighted by atomic mass is 9.85. The van der Waals surface area contributed by atoms with Crippen molar-refractivity contribution in [1.82, 2.24) is 4.90 Å². The smallest absolute Gasteiger partial charge is 0.157 e. The summed E-state index contributed by atoms with van der Waals surface area (Å²) in [6, 6.07) is 4.96. The highest BCUT2D eigenvalue weighted by molar-refractivity contribution is 5.42. The van der Waals surface area contributed by atoms with Crippen LogP contribution < -0.4 is 0 Å². The largest absolute Gasteiger partial charge is 0.504 e. The molecule has 1 saturated heterocycles. The number of likely N-dealkylation sites (tertiary alicyclic amines) is 1. The number of rotatable bonds is 2. The fourth-order valence-electron chi connectivity index (χ4n) is 2.56. The molecule has 4 heteroatoms. The van der Waals surface area contributed by atoms with Crippen LogP contribution in [0.5, 0.6) is 11.5 Å². The molecule has 1 aromatic carbocycles. The molecule has 0 aliphatic carbocycles. The molecule has 1 unspecified atom stereocenters. The van der Waals surface area contributed by atoms with Crippen molar-refractivity contribution in [2.75, 3.05) is 13.1 Å². The summed E-state index contributed by atoms with van der Waals surface area (Å²) in [5, 5.41) is 29.6. The summed E-state index contributed by atoms with van der Waals surface area (Å²) in [6.07, 6.45) is 1.61. The Bertz CT molecular complexity index is 433. The highest BCUT2D eigenvalue weighted by Crippen LogP contribution is 2.36. The molecule has 1 heterocycles. The normalized spacial score (nSPS) is 25.6. The summed E-state index contributed by atoms with van der Waals surface area (Å²) in [7, 11) is 0. The van der Waals surface area contributed by atoms with Gasteiger partial charge in [-0.1, -0.05) is 6.07 Å². The van der Waals surface area contributed by atoms with Gasteiger partial charge in [0.25, 0.3) is 0 Å². The molecule has 1 aliphatic heterocycles. The lowest BCUT2D eigenvalue weighted by molar-refractivity contribution is -0.0446. The van der Waals surface area contributed by atoms with E-state index in [2.05, 4.69) is 18.7 Å². The van der Waals surface area contributed by atoms with E-state index in [9.17, 15) is 15.3 Å². The third kappa shape index (κ3) is 2.44. The first-order valence-electron chi connectivity index (χ1n) is 6.41. The van der Waals surface area contributed by atoms with Gasteiger partial charge in [0.2, 0.25) is 0 Å². The molecule has 0 aromatic heterocycles. The van der Waals surface area contributed by atoms with Crippen LogP contribution in [-0.4, -0.2) is 39.4 Å². The van der Waals surface area contributed by atoms with Crippen molar-refractivity contribution in [2.45, 2.75) is 38.3 Å². The van der Waals surface area contributed by atoms with E-state index < -0.39 is 5.60 Å². The van der Waals surface area contributed by atoms with Crippen molar-refractivity contribution in [3.05, 3.63) is 23.8 Å². The molecule has 1 atom stereocenters. The maximum Gasteiger partial charge on any atom is 0.157 e. The summed E-state index contributed by atoms with van der Waals surface area (Å²) < 4.78 is 0. The lowest BCUT2D eigenvalue weighted by Gasteiger charge is -2.41. The van der Waals surface area contributed by atoms with Crippen LogP contribution in [0.25, 0.3) is 0 Å². The minimum Gasteiger partial charge on any atom is -0.504 e. The second-order valence-corrected chi connectivity index (χ2v) is 5.40. The molecule has 0 bridgehead atoms. The van der Waals surface area contributed by atoms with Crippen LogP contribution in [0, 0.1) is 0 Å². The first-order valence-corrected chi connectivity index (χ1v) is 6.41. The van der Waals surface area contributed by atoms with Crippen LogP contribution in [0.15, 0.2) is 18.2 Å². The van der Waals surface area contributed by atoms with E-state index in [0.717, 1.165) is 13.0 Å². The van der Waals surface area contributed by atoms with Gasteiger partial charge < -0.3 is 15.3 Å². The molecule has 3 N–H and O–H groups in total. The molecule has 1 aliphatic rings. The number of β-amino-alcohol motifs (C(OH)–C–C–N with tert-alkyl or cyclic N) is 1. The van der Waals surface area contributed by atoms with Gasteiger partial charge in [0.15, 0.2) is 11.5 Å². The number of hydrogen-bond donors (Lipinski definition) is 3. The van der Waals surface area contributed by atoms with Gasteiger partial charge in [-0.3, -0.25) is 4.90 Å². The predicted molar refractivity (Wildman–Crippen MR) is 69.6 cm³/mol. The average molecular weight is 251 g/mol. The van der Waals surface area contributed by atoms with Gasteiger partial charge in [0.1, 0.15) is 5.60 Å². The van der Waals surface area contributed by atoms with E-state index in [1.165, 1.54) is 12.1 Å². The third-order valence-electron chi connectivity index (χ3n) is 3.74.